The van der Waals surface area contributed by atoms with Crippen LogP contribution in [0.4, 0.5) is 0 Å². The van der Waals surface area contributed by atoms with Gasteiger partial charge in [-0.25, -0.2) is 0 Å². The molecule has 0 aromatic heterocycles. The van der Waals surface area contributed by atoms with Crippen molar-refractivity contribution in [2.24, 2.45) is 5.92 Å². The lowest BCUT2D eigenvalue weighted by molar-refractivity contribution is 0.524. The van der Waals surface area contributed by atoms with Gasteiger partial charge >= 0.3 is 0 Å². The van der Waals surface area contributed by atoms with Crippen molar-refractivity contribution in [1.29, 1.82) is 0 Å². The Morgan fingerprint density at radius 1 is 1.13 bits per heavy atom. The smallest absolute Gasteiger partial charge is 0.0237 e. The van der Waals surface area contributed by atoms with Crippen molar-refractivity contribution in [2.75, 3.05) is 18.1 Å². The molecule has 92 valence electrons. The van der Waals surface area contributed by atoms with E-state index in [1.807, 2.05) is 0 Å². The van der Waals surface area contributed by atoms with E-state index >= 15 is 0 Å². The summed E-state index contributed by atoms with van der Waals surface area (Å²) in [6.45, 7) is 9.71. The van der Waals surface area contributed by atoms with Crippen LogP contribution >= 0.6 is 0 Å². The third kappa shape index (κ3) is 10.4. The highest BCUT2D eigenvalue weighted by molar-refractivity contribution is 7.84. The summed E-state index contributed by atoms with van der Waals surface area (Å²) in [6.07, 6.45) is 3.31. The fraction of sp³-hybridized carbons (Fsp3) is 1.00. The second-order valence-corrected chi connectivity index (χ2v) is 6.33. The molecule has 0 aromatic rings. The first-order valence-electron chi connectivity index (χ1n) is 6.14. The Kier molecular flexibility index (Phi) is 9.41. The van der Waals surface area contributed by atoms with Gasteiger partial charge in [0.2, 0.25) is 0 Å². The van der Waals surface area contributed by atoms with Crippen molar-refractivity contribution in [3.8, 4) is 0 Å². The summed E-state index contributed by atoms with van der Waals surface area (Å²) in [6, 6.07) is 0.567. The molecule has 2 unspecified atom stereocenters. The van der Waals surface area contributed by atoms with Gasteiger partial charge in [0.25, 0.3) is 0 Å². The first-order valence-corrected chi connectivity index (χ1v) is 7.63. The summed E-state index contributed by atoms with van der Waals surface area (Å²) in [5.41, 5.74) is 0. The van der Waals surface area contributed by atoms with Crippen LogP contribution in [0.15, 0.2) is 0 Å². The fourth-order valence-electron chi connectivity index (χ4n) is 1.47. The fourth-order valence-corrected chi connectivity index (χ4v) is 2.90. The molecular formula is C12H27NOS. The van der Waals surface area contributed by atoms with E-state index in [4.69, 9.17) is 0 Å². The molecular weight excluding hydrogens is 206 g/mol. The standard InChI is InChI=1S/C12H27NOS/c1-5-13-12(4)7-6-9-15(14)10-8-11(2)3/h11-13H,5-10H2,1-4H3. The highest BCUT2D eigenvalue weighted by atomic mass is 32.2. The predicted octanol–water partition coefficient (Wildman–Crippen LogP) is 2.56. The first-order chi connectivity index (χ1) is 7.06. The molecule has 0 saturated carbocycles. The quantitative estimate of drug-likeness (QED) is 0.663. The largest absolute Gasteiger partial charge is 0.315 e. The highest BCUT2D eigenvalue weighted by Crippen LogP contribution is 2.03. The van der Waals surface area contributed by atoms with Gasteiger partial charge in [-0.1, -0.05) is 20.8 Å². The lowest BCUT2D eigenvalue weighted by atomic mass is 10.2. The molecule has 0 bridgehead atoms. The molecule has 0 fully saturated rings. The van der Waals surface area contributed by atoms with Crippen molar-refractivity contribution < 1.29 is 4.21 Å². The molecule has 1 N–H and O–H groups in total. The zero-order valence-corrected chi connectivity index (χ0v) is 11.5. The third-order valence-electron chi connectivity index (χ3n) is 2.48. The molecule has 0 heterocycles. The molecule has 0 aromatic carbocycles. The lowest BCUT2D eigenvalue weighted by Crippen LogP contribution is -2.25. The van der Waals surface area contributed by atoms with E-state index in [0.717, 1.165) is 37.3 Å². The number of rotatable bonds is 9. The van der Waals surface area contributed by atoms with Crippen LogP contribution < -0.4 is 5.32 Å². The molecule has 15 heavy (non-hydrogen) atoms. The SMILES string of the molecule is CCNC(C)CCCS(=O)CCC(C)C. The maximum Gasteiger partial charge on any atom is 0.0237 e. The summed E-state index contributed by atoms with van der Waals surface area (Å²) >= 11 is 0. The van der Waals surface area contributed by atoms with Crippen molar-refractivity contribution in [3.63, 3.8) is 0 Å². The number of hydrogen-bond acceptors (Lipinski definition) is 2. The third-order valence-corrected chi connectivity index (χ3v) is 3.92. The summed E-state index contributed by atoms with van der Waals surface area (Å²) in [5, 5.41) is 3.37. The second kappa shape index (κ2) is 9.34. The second-order valence-electron chi connectivity index (χ2n) is 4.63. The van der Waals surface area contributed by atoms with Gasteiger partial charge in [-0.05, 0) is 38.6 Å². The Hall–Kier alpha value is 0.110. The van der Waals surface area contributed by atoms with Gasteiger partial charge in [-0.15, -0.1) is 0 Å². The molecule has 2 atom stereocenters. The van der Waals surface area contributed by atoms with Crippen LogP contribution in [0.5, 0.6) is 0 Å². The van der Waals surface area contributed by atoms with Crippen molar-refractivity contribution in [1.82, 2.24) is 5.32 Å². The van der Waals surface area contributed by atoms with E-state index in [1.54, 1.807) is 0 Å². The van der Waals surface area contributed by atoms with Gasteiger partial charge in [0.05, 0.1) is 0 Å². The minimum Gasteiger partial charge on any atom is -0.315 e. The van der Waals surface area contributed by atoms with Gasteiger partial charge in [0.1, 0.15) is 0 Å². The molecule has 0 radical (unpaired) electrons. The van der Waals surface area contributed by atoms with E-state index in [0.29, 0.717) is 12.0 Å². The minimum absolute atomic E-state index is 0.567. The van der Waals surface area contributed by atoms with Crippen LogP contribution in [0, 0.1) is 5.92 Å². The topological polar surface area (TPSA) is 29.1 Å². The average molecular weight is 233 g/mol. The van der Waals surface area contributed by atoms with Gasteiger partial charge < -0.3 is 5.32 Å². The van der Waals surface area contributed by atoms with Crippen LogP contribution in [0.3, 0.4) is 0 Å². The van der Waals surface area contributed by atoms with Crippen molar-refractivity contribution in [2.45, 2.75) is 53.0 Å². The number of hydrogen-bond donors (Lipinski definition) is 1. The van der Waals surface area contributed by atoms with E-state index in [2.05, 4.69) is 33.0 Å². The van der Waals surface area contributed by atoms with Crippen molar-refractivity contribution in [3.05, 3.63) is 0 Å². The van der Waals surface area contributed by atoms with Gasteiger partial charge in [0.15, 0.2) is 0 Å². The summed E-state index contributed by atoms with van der Waals surface area (Å²) in [5.74, 6) is 2.44. The molecule has 0 aliphatic rings. The maximum absolute atomic E-state index is 11.6. The lowest BCUT2D eigenvalue weighted by Gasteiger charge is -2.11. The molecule has 0 spiro atoms. The Morgan fingerprint density at radius 3 is 2.33 bits per heavy atom. The van der Waals surface area contributed by atoms with E-state index in [1.165, 1.54) is 0 Å². The zero-order chi connectivity index (χ0) is 11.7. The molecule has 0 saturated heterocycles. The average Bonchev–Trinajstić information content (AvgIpc) is 2.15. The first kappa shape index (κ1) is 15.1. The molecule has 0 rings (SSSR count). The highest BCUT2D eigenvalue weighted by Gasteiger charge is 2.04. The molecule has 0 aliphatic heterocycles. The molecule has 0 aliphatic carbocycles. The van der Waals surface area contributed by atoms with Gasteiger partial charge in [0, 0.05) is 28.3 Å². The normalized spacial score (nSPS) is 15.5. The Balaban J connectivity index is 3.38. The summed E-state index contributed by atoms with van der Waals surface area (Å²) in [4.78, 5) is 0. The zero-order valence-electron chi connectivity index (χ0n) is 10.7. The van der Waals surface area contributed by atoms with Crippen LogP contribution in [0.2, 0.25) is 0 Å². The maximum atomic E-state index is 11.6. The molecule has 2 nitrogen and oxygen atoms in total. The Labute approximate surface area is 97.7 Å². The van der Waals surface area contributed by atoms with E-state index in [-0.39, 0.29) is 0 Å². The summed E-state index contributed by atoms with van der Waals surface area (Å²) < 4.78 is 11.6. The summed E-state index contributed by atoms with van der Waals surface area (Å²) in [7, 11) is -0.589. The van der Waals surface area contributed by atoms with Crippen molar-refractivity contribution >= 4 is 10.8 Å². The van der Waals surface area contributed by atoms with Gasteiger partial charge in [-0.2, -0.15) is 0 Å². The minimum atomic E-state index is -0.589. The Bertz CT molecular complexity index is 171. The molecule has 3 heteroatoms. The Morgan fingerprint density at radius 2 is 1.80 bits per heavy atom. The van der Waals surface area contributed by atoms with Gasteiger partial charge in [-0.3, -0.25) is 4.21 Å². The van der Waals surface area contributed by atoms with E-state index in [9.17, 15) is 4.21 Å². The van der Waals surface area contributed by atoms with E-state index < -0.39 is 10.8 Å². The van der Waals surface area contributed by atoms with Crippen LogP contribution in [0.25, 0.3) is 0 Å². The molecule has 0 amide bonds. The predicted molar refractivity (Wildman–Crippen MR) is 69.7 cm³/mol. The number of nitrogens with one attached hydrogen (secondary N) is 1. The van der Waals surface area contributed by atoms with Crippen LogP contribution in [-0.2, 0) is 10.8 Å². The van der Waals surface area contributed by atoms with Crippen LogP contribution in [-0.4, -0.2) is 28.3 Å². The van der Waals surface area contributed by atoms with Crippen LogP contribution in [0.1, 0.15) is 47.0 Å². The monoisotopic (exact) mass is 233 g/mol.